The van der Waals surface area contributed by atoms with Crippen LogP contribution in [0.1, 0.15) is 32.2 Å². The topological polar surface area (TPSA) is 70.8 Å². The minimum atomic E-state index is -1.03. The molecule has 0 unspecified atom stereocenters. The van der Waals surface area contributed by atoms with E-state index < -0.39 is 5.97 Å². The average Bonchev–Trinajstić information content (AvgIpc) is 2.87. The highest BCUT2D eigenvalue weighted by Gasteiger charge is 2.19. The third-order valence-electron chi connectivity index (χ3n) is 3.28. The number of carboxylic acids is 1. The van der Waals surface area contributed by atoms with E-state index in [2.05, 4.69) is 0 Å². The molecule has 0 saturated heterocycles. The van der Waals surface area contributed by atoms with Crippen molar-refractivity contribution in [3.05, 3.63) is 53.0 Å². The first-order valence-corrected chi connectivity index (χ1v) is 7.87. The molecule has 0 fully saturated rings. The maximum absolute atomic E-state index is 12.5. The van der Waals surface area contributed by atoms with Gasteiger partial charge in [0.25, 0.3) is 5.91 Å². The fourth-order valence-electron chi connectivity index (χ4n) is 2.17. The molecule has 0 atom stereocenters. The zero-order valence-electron chi connectivity index (χ0n) is 12.6. The average molecular weight is 319 g/mol. The molecule has 0 aliphatic carbocycles. The van der Waals surface area contributed by atoms with Gasteiger partial charge in [-0.25, -0.2) is 4.79 Å². The largest absolute Gasteiger partial charge is 0.478 e. The molecule has 116 valence electrons. The van der Waals surface area contributed by atoms with Crippen LogP contribution in [0.5, 0.6) is 0 Å². The molecule has 2 aromatic rings. The minimum Gasteiger partial charge on any atom is -0.478 e. The fraction of sp³-hybridized carbons (Fsp3) is 0.250. The number of carbonyl (C=O) groups is 2. The molecule has 6 heteroatoms. The number of nitrogens with zero attached hydrogens (tertiary/aromatic N) is 1. The van der Waals surface area contributed by atoms with Gasteiger partial charge in [0.1, 0.15) is 17.1 Å². The summed E-state index contributed by atoms with van der Waals surface area (Å²) in [5, 5.41) is 9.03. The predicted molar refractivity (Wildman–Crippen MR) is 84.4 cm³/mol. The van der Waals surface area contributed by atoms with E-state index in [4.69, 9.17) is 9.52 Å². The number of hydrogen-bond acceptors (Lipinski definition) is 4. The molecule has 2 rings (SSSR count). The van der Waals surface area contributed by atoms with Gasteiger partial charge in [0.05, 0.1) is 12.1 Å². The second-order valence-corrected chi connectivity index (χ2v) is 5.70. The Balaban J connectivity index is 2.18. The summed E-state index contributed by atoms with van der Waals surface area (Å²) in [6, 6.07) is 8.84. The Hall–Kier alpha value is -2.21. The zero-order chi connectivity index (χ0) is 16.3. The van der Waals surface area contributed by atoms with E-state index in [9.17, 15) is 9.59 Å². The number of carbonyl (C=O) groups excluding carboxylic acids is 1. The number of benzene rings is 1. The molecule has 1 heterocycles. The number of hydrogen-bond donors (Lipinski definition) is 1. The Bertz CT molecular complexity index is 708. The predicted octanol–water partition coefficient (Wildman–Crippen LogP) is 3.28. The van der Waals surface area contributed by atoms with Crippen LogP contribution in [0.3, 0.4) is 0 Å². The summed E-state index contributed by atoms with van der Waals surface area (Å²) < 4.78 is 5.41. The summed E-state index contributed by atoms with van der Waals surface area (Å²) in [6.07, 6.45) is 1.92. The van der Waals surface area contributed by atoms with Crippen LogP contribution < -0.4 is 0 Å². The van der Waals surface area contributed by atoms with Crippen LogP contribution >= 0.6 is 11.8 Å². The summed E-state index contributed by atoms with van der Waals surface area (Å²) in [5.41, 5.74) is 0.750. The Morgan fingerprint density at radius 1 is 1.27 bits per heavy atom. The molecule has 0 aliphatic heterocycles. The van der Waals surface area contributed by atoms with Crippen LogP contribution in [-0.2, 0) is 6.54 Å². The van der Waals surface area contributed by atoms with Gasteiger partial charge in [-0.1, -0.05) is 12.1 Å². The lowest BCUT2D eigenvalue weighted by Crippen LogP contribution is -2.26. The van der Waals surface area contributed by atoms with Crippen molar-refractivity contribution in [2.75, 3.05) is 13.3 Å². The van der Waals surface area contributed by atoms with Gasteiger partial charge in [0, 0.05) is 11.9 Å². The molecule has 0 spiro atoms. The molecule has 1 aromatic heterocycles. The third-order valence-corrected chi connectivity index (χ3v) is 4.07. The molecule has 1 amide bonds. The van der Waals surface area contributed by atoms with E-state index in [0.29, 0.717) is 17.1 Å². The molecule has 0 radical (unpaired) electrons. The van der Waals surface area contributed by atoms with Gasteiger partial charge in [0.15, 0.2) is 0 Å². The van der Waals surface area contributed by atoms with Crippen LogP contribution in [-0.4, -0.2) is 35.2 Å². The van der Waals surface area contributed by atoms with Crippen LogP contribution in [0.4, 0.5) is 0 Å². The van der Waals surface area contributed by atoms with E-state index in [1.54, 1.807) is 20.0 Å². The first-order valence-electron chi connectivity index (χ1n) is 6.65. The van der Waals surface area contributed by atoms with Crippen LogP contribution in [0.15, 0.2) is 39.6 Å². The van der Waals surface area contributed by atoms with E-state index in [1.807, 2.05) is 24.5 Å². The van der Waals surface area contributed by atoms with Gasteiger partial charge in [-0.2, -0.15) is 0 Å². The van der Waals surface area contributed by atoms with Crippen molar-refractivity contribution >= 4 is 23.6 Å². The highest BCUT2D eigenvalue weighted by molar-refractivity contribution is 7.98. The summed E-state index contributed by atoms with van der Waals surface area (Å²) in [6.45, 7) is 1.81. The number of aryl methyl sites for hydroxylation is 1. The maximum Gasteiger partial charge on any atom is 0.339 e. The molecule has 0 bridgehead atoms. The van der Waals surface area contributed by atoms with Crippen molar-refractivity contribution in [1.29, 1.82) is 0 Å². The van der Waals surface area contributed by atoms with Crippen molar-refractivity contribution in [2.24, 2.45) is 0 Å². The van der Waals surface area contributed by atoms with Crippen molar-refractivity contribution in [3.8, 4) is 0 Å². The zero-order valence-corrected chi connectivity index (χ0v) is 13.4. The van der Waals surface area contributed by atoms with Crippen molar-refractivity contribution in [2.45, 2.75) is 18.4 Å². The van der Waals surface area contributed by atoms with Gasteiger partial charge in [0.2, 0.25) is 0 Å². The number of thioether (sulfide) groups is 1. The minimum absolute atomic E-state index is 0.125. The summed E-state index contributed by atoms with van der Waals surface area (Å²) in [4.78, 5) is 25.9. The molecular weight excluding hydrogens is 302 g/mol. The highest BCUT2D eigenvalue weighted by Crippen LogP contribution is 2.22. The molecule has 0 saturated carbocycles. The van der Waals surface area contributed by atoms with Crippen molar-refractivity contribution < 1.29 is 19.1 Å². The van der Waals surface area contributed by atoms with Crippen LogP contribution in [0.2, 0.25) is 0 Å². The van der Waals surface area contributed by atoms with Crippen molar-refractivity contribution in [3.63, 3.8) is 0 Å². The molecule has 1 aromatic carbocycles. The number of amides is 1. The Labute approximate surface area is 132 Å². The van der Waals surface area contributed by atoms with Gasteiger partial charge in [-0.3, -0.25) is 4.79 Å². The standard InChI is InChI=1S/C16H17NO4S/c1-10-13(16(19)20)8-11(21-10)9-17(2)15(18)12-6-4-5-7-14(12)22-3/h4-8H,9H2,1-3H3,(H,19,20). The van der Waals surface area contributed by atoms with Gasteiger partial charge < -0.3 is 14.4 Å². The quantitative estimate of drug-likeness (QED) is 0.856. The SMILES string of the molecule is CSc1ccccc1C(=O)N(C)Cc1cc(C(=O)O)c(C)o1. The molecule has 1 N–H and O–H groups in total. The second-order valence-electron chi connectivity index (χ2n) is 4.85. The smallest absolute Gasteiger partial charge is 0.339 e. The number of aromatic carboxylic acids is 1. The van der Waals surface area contributed by atoms with Gasteiger partial charge in [-0.15, -0.1) is 11.8 Å². The number of carboxylic acid groups (broad SMARTS) is 1. The molecular formula is C16H17NO4S. The summed E-state index contributed by atoms with van der Waals surface area (Å²) in [5.74, 6) is -0.370. The molecule has 5 nitrogen and oxygen atoms in total. The molecule has 22 heavy (non-hydrogen) atoms. The lowest BCUT2D eigenvalue weighted by molar-refractivity contribution is 0.0694. The molecule has 0 aliphatic rings. The van der Waals surface area contributed by atoms with Gasteiger partial charge in [-0.05, 0) is 31.4 Å². The summed E-state index contributed by atoms with van der Waals surface area (Å²) >= 11 is 1.51. The summed E-state index contributed by atoms with van der Waals surface area (Å²) in [7, 11) is 1.66. The Morgan fingerprint density at radius 3 is 2.55 bits per heavy atom. The maximum atomic E-state index is 12.5. The highest BCUT2D eigenvalue weighted by atomic mass is 32.2. The van der Waals surface area contributed by atoms with Gasteiger partial charge >= 0.3 is 5.97 Å². The number of furan rings is 1. The Kier molecular flexibility index (Phi) is 4.92. The van der Waals surface area contributed by atoms with Crippen molar-refractivity contribution in [1.82, 2.24) is 4.90 Å². The van der Waals surface area contributed by atoms with Crippen LogP contribution in [0, 0.1) is 6.92 Å². The lowest BCUT2D eigenvalue weighted by atomic mass is 10.2. The van der Waals surface area contributed by atoms with E-state index >= 15 is 0 Å². The Morgan fingerprint density at radius 2 is 1.95 bits per heavy atom. The van der Waals surface area contributed by atoms with E-state index in [-0.39, 0.29) is 18.0 Å². The normalized spacial score (nSPS) is 10.5. The first kappa shape index (κ1) is 16.2. The van der Waals surface area contributed by atoms with E-state index in [1.165, 1.54) is 22.7 Å². The van der Waals surface area contributed by atoms with E-state index in [0.717, 1.165) is 4.90 Å². The lowest BCUT2D eigenvalue weighted by Gasteiger charge is -2.17. The third kappa shape index (κ3) is 3.33. The number of rotatable bonds is 5. The fourth-order valence-corrected chi connectivity index (χ4v) is 2.76. The van der Waals surface area contributed by atoms with Crippen LogP contribution in [0.25, 0.3) is 0 Å². The monoisotopic (exact) mass is 319 g/mol. The second kappa shape index (κ2) is 6.70. The first-order chi connectivity index (χ1) is 10.4.